The van der Waals surface area contributed by atoms with Crippen LogP contribution in [0.3, 0.4) is 0 Å². The molecule has 2 rings (SSSR count). The number of halogens is 2. The minimum absolute atomic E-state index is 0.101. The molecule has 3 nitrogen and oxygen atoms in total. The summed E-state index contributed by atoms with van der Waals surface area (Å²) in [5.74, 6) is 0.264. The first-order chi connectivity index (χ1) is 11.7. The summed E-state index contributed by atoms with van der Waals surface area (Å²) in [5.41, 5.74) is 6.95. The molecule has 0 heterocycles. The second kappa shape index (κ2) is 8.24. The van der Waals surface area contributed by atoms with E-state index in [2.05, 4.69) is 35.0 Å². The number of primary amides is 1. The zero-order valence-corrected chi connectivity index (χ0v) is 17.0. The first kappa shape index (κ1) is 19.8. The molecule has 0 aliphatic heterocycles. The minimum atomic E-state index is -0.747. The monoisotopic (exact) mass is 423 g/mol. The van der Waals surface area contributed by atoms with Gasteiger partial charge in [-0.15, -0.1) is 0 Å². The Kier molecular flexibility index (Phi) is 6.53. The molecule has 0 aliphatic rings. The van der Waals surface area contributed by atoms with Crippen LogP contribution in [-0.4, -0.2) is 11.7 Å². The van der Waals surface area contributed by atoms with Crippen LogP contribution in [0.4, 0.5) is 4.79 Å². The van der Waals surface area contributed by atoms with Gasteiger partial charge in [-0.3, -0.25) is 0 Å². The Labute approximate surface area is 162 Å². The van der Waals surface area contributed by atoms with Crippen molar-refractivity contribution in [3.05, 3.63) is 69.2 Å². The quantitative estimate of drug-likeness (QED) is 0.606. The van der Waals surface area contributed by atoms with E-state index in [4.69, 9.17) is 22.1 Å². The maximum absolute atomic E-state index is 11.2. The smallest absolute Gasteiger partial charge is 0.405 e. The van der Waals surface area contributed by atoms with Crippen LogP contribution in [0.5, 0.6) is 0 Å². The minimum Gasteiger partial charge on any atom is -0.443 e. The Balaban J connectivity index is 2.33. The van der Waals surface area contributed by atoms with Crippen LogP contribution < -0.4 is 5.73 Å². The van der Waals surface area contributed by atoms with Crippen molar-refractivity contribution in [2.75, 3.05) is 0 Å². The van der Waals surface area contributed by atoms with Gasteiger partial charge in [0.1, 0.15) is 5.60 Å². The summed E-state index contributed by atoms with van der Waals surface area (Å²) in [6.45, 7) is 5.86. The summed E-state index contributed by atoms with van der Waals surface area (Å²) >= 11 is 9.52. The van der Waals surface area contributed by atoms with Crippen LogP contribution in [0.2, 0.25) is 5.02 Å². The first-order valence-corrected chi connectivity index (χ1v) is 9.35. The fourth-order valence-electron chi connectivity index (χ4n) is 2.85. The largest absolute Gasteiger partial charge is 0.443 e. The molecule has 0 fully saturated rings. The fourth-order valence-corrected chi connectivity index (χ4v) is 3.24. The van der Waals surface area contributed by atoms with E-state index in [9.17, 15) is 4.79 Å². The number of carbonyl (C=O) groups is 1. The molecule has 2 N–H and O–H groups in total. The molecule has 0 saturated carbocycles. The van der Waals surface area contributed by atoms with Crippen molar-refractivity contribution in [1.29, 1.82) is 0 Å². The van der Waals surface area contributed by atoms with E-state index in [0.717, 1.165) is 10.9 Å². The van der Waals surface area contributed by atoms with Crippen molar-refractivity contribution < 1.29 is 9.53 Å². The van der Waals surface area contributed by atoms with Gasteiger partial charge >= 0.3 is 6.09 Å². The molecule has 2 aromatic carbocycles. The molecule has 25 heavy (non-hydrogen) atoms. The van der Waals surface area contributed by atoms with Gasteiger partial charge in [-0.1, -0.05) is 58.7 Å². The van der Waals surface area contributed by atoms with Crippen molar-refractivity contribution in [3.63, 3.8) is 0 Å². The molecule has 0 spiro atoms. The normalized spacial score (nSPS) is 14.0. The van der Waals surface area contributed by atoms with Gasteiger partial charge in [-0.25, -0.2) is 4.79 Å². The summed E-state index contributed by atoms with van der Waals surface area (Å²) in [6.07, 6.45) is 0.0623. The predicted molar refractivity (Wildman–Crippen MR) is 106 cm³/mol. The topological polar surface area (TPSA) is 52.3 Å². The summed E-state index contributed by atoms with van der Waals surface area (Å²) in [4.78, 5) is 11.2. The lowest BCUT2D eigenvalue weighted by molar-refractivity contribution is 0.000747. The molecule has 2 aromatic rings. The van der Waals surface area contributed by atoms with Crippen LogP contribution in [-0.2, 0) is 4.74 Å². The lowest BCUT2D eigenvalue weighted by Crippen LogP contribution is -2.38. The van der Waals surface area contributed by atoms with Gasteiger partial charge in [-0.05, 0) is 61.6 Å². The molecular weight excluding hydrogens is 402 g/mol. The molecule has 0 saturated heterocycles. The maximum atomic E-state index is 11.2. The predicted octanol–water partition coefficient (Wildman–Crippen LogP) is 6.13. The Morgan fingerprint density at radius 2 is 1.60 bits per heavy atom. The highest BCUT2D eigenvalue weighted by atomic mass is 79.9. The molecule has 1 amide bonds. The van der Waals surface area contributed by atoms with Crippen molar-refractivity contribution in [2.24, 2.45) is 11.7 Å². The summed E-state index contributed by atoms with van der Waals surface area (Å²) in [5, 5.41) is 0.712. The van der Waals surface area contributed by atoms with E-state index in [-0.39, 0.29) is 11.8 Å². The van der Waals surface area contributed by atoms with Crippen molar-refractivity contribution >= 4 is 33.6 Å². The number of hydrogen-bond donors (Lipinski definition) is 1. The van der Waals surface area contributed by atoms with Gasteiger partial charge in [0.05, 0.1) is 0 Å². The Morgan fingerprint density at radius 3 is 2.08 bits per heavy atom. The molecule has 2 atom stereocenters. The molecule has 2 unspecified atom stereocenters. The number of hydrogen-bond acceptors (Lipinski definition) is 2. The Bertz CT molecular complexity index is 668. The molecule has 0 radical (unpaired) electrons. The number of carbonyl (C=O) groups excluding carboxylic acids is 1. The highest BCUT2D eigenvalue weighted by molar-refractivity contribution is 9.10. The SMILES string of the molecule is CC(CC(c1ccc(Cl)cc1)c1ccc(Br)cc1)C(C)(C)OC(N)=O. The zero-order chi connectivity index (χ0) is 18.6. The van der Waals surface area contributed by atoms with E-state index < -0.39 is 11.7 Å². The number of nitrogens with two attached hydrogens (primary N) is 1. The molecule has 0 aliphatic carbocycles. The third kappa shape index (κ3) is 5.48. The molecule has 0 aromatic heterocycles. The van der Waals surface area contributed by atoms with E-state index in [1.807, 2.05) is 50.2 Å². The molecule has 134 valence electrons. The second-order valence-corrected chi connectivity index (χ2v) is 8.17. The number of ether oxygens (including phenoxy) is 1. The second-order valence-electron chi connectivity index (χ2n) is 6.82. The summed E-state index contributed by atoms with van der Waals surface area (Å²) in [7, 11) is 0. The van der Waals surface area contributed by atoms with Crippen LogP contribution in [0.25, 0.3) is 0 Å². The molecular formula is C20H23BrClNO2. The van der Waals surface area contributed by atoms with Gasteiger partial charge < -0.3 is 10.5 Å². The Morgan fingerprint density at radius 1 is 1.12 bits per heavy atom. The molecule has 5 heteroatoms. The highest BCUT2D eigenvalue weighted by Crippen LogP contribution is 2.36. The van der Waals surface area contributed by atoms with Crippen molar-refractivity contribution in [3.8, 4) is 0 Å². The molecule has 0 bridgehead atoms. The average Bonchev–Trinajstić information content (AvgIpc) is 2.53. The van der Waals surface area contributed by atoms with E-state index in [1.54, 1.807) is 0 Å². The number of amides is 1. The number of rotatable bonds is 6. The van der Waals surface area contributed by atoms with Crippen LogP contribution in [0.15, 0.2) is 53.0 Å². The summed E-state index contributed by atoms with van der Waals surface area (Å²) in [6, 6.07) is 16.2. The van der Waals surface area contributed by atoms with Gasteiger partial charge in [-0.2, -0.15) is 0 Å². The van der Waals surface area contributed by atoms with Crippen molar-refractivity contribution in [2.45, 2.75) is 38.7 Å². The van der Waals surface area contributed by atoms with Crippen LogP contribution in [0.1, 0.15) is 44.2 Å². The zero-order valence-electron chi connectivity index (χ0n) is 14.6. The van der Waals surface area contributed by atoms with Gasteiger partial charge in [0, 0.05) is 15.4 Å². The Hall–Kier alpha value is -1.52. The van der Waals surface area contributed by atoms with Gasteiger partial charge in [0.2, 0.25) is 0 Å². The van der Waals surface area contributed by atoms with Crippen molar-refractivity contribution in [1.82, 2.24) is 0 Å². The summed E-state index contributed by atoms with van der Waals surface area (Å²) < 4.78 is 6.36. The van der Waals surface area contributed by atoms with Crippen LogP contribution >= 0.6 is 27.5 Å². The third-order valence-corrected chi connectivity index (χ3v) is 5.47. The average molecular weight is 425 g/mol. The standard InChI is InChI=1S/C20H23BrClNO2/c1-13(20(2,3)25-19(23)24)12-18(14-4-8-16(21)9-5-14)15-6-10-17(22)11-7-15/h4-11,13,18H,12H2,1-3H3,(H2,23,24). The lowest BCUT2D eigenvalue weighted by Gasteiger charge is -2.33. The first-order valence-electron chi connectivity index (χ1n) is 8.18. The van der Waals surface area contributed by atoms with E-state index in [1.165, 1.54) is 11.1 Å². The van der Waals surface area contributed by atoms with E-state index >= 15 is 0 Å². The van der Waals surface area contributed by atoms with E-state index in [0.29, 0.717) is 5.02 Å². The van der Waals surface area contributed by atoms with Gasteiger partial charge in [0.15, 0.2) is 0 Å². The maximum Gasteiger partial charge on any atom is 0.405 e. The fraction of sp³-hybridized carbons (Fsp3) is 0.350. The number of benzene rings is 2. The van der Waals surface area contributed by atoms with Gasteiger partial charge in [0.25, 0.3) is 0 Å². The van der Waals surface area contributed by atoms with Crippen LogP contribution in [0, 0.1) is 5.92 Å². The lowest BCUT2D eigenvalue weighted by atomic mass is 9.79. The highest BCUT2D eigenvalue weighted by Gasteiger charge is 2.32. The third-order valence-electron chi connectivity index (χ3n) is 4.68.